The molecule has 0 rings (SSSR count). The zero-order chi connectivity index (χ0) is 9.40. The van der Waals surface area contributed by atoms with E-state index in [9.17, 15) is 0 Å². The van der Waals surface area contributed by atoms with Gasteiger partial charge in [0, 0.05) is 13.0 Å². The quantitative estimate of drug-likeness (QED) is 0.444. The Morgan fingerprint density at radius 2 is 1.75 bits per heavy atom. The standard InChI is InChI=1S/C10H21ClO/c1-9(8-11)6-4-5-7-10(2)12-3/h9-10H,4-8H2,1-3H3. The van der Waals surface area contributed by atoms with Crippen LogP contribution in [0.3, 0.4) is 0 Å². The second-order valence-corrected chi connectivity index (χ2v) is 3.90. The minimum absolute atomic E-state index is 0.413. The van der Waals surface area contributed by atoms with Gasteiger partial charge < -0.3 is 4.74 Å². The first-order chi connectivity index (χ1) is 5.70. The summed E-state index contributed by atoms with van der Waals surface area (Å²) in [5, 5.41) is 0. The van der Waals surface area contributed by atoms with Gasteiger partial charge in [0.15, 0.2) is 0 Å². The van der Waals surface area contributed by atoms with Gasteiger partial charge in [0.25, 0.3) is 0 Å². The molecule has 1 nitrogen and oxygen atoms in total. The minimum atomic E-state index is 0.413. The van der Waals surface area contributed by atoms with Gasteiger partial charge in [-0.05, 0) is 25.7 Å². The number of hydrogen-bond acceptors (Lipinski definition) is 1. The van der Waals surface area contributed by atoms with Crippen molar-refractivity contribution in [2.24, 2.45) is 5.92 Å². The van der Waals surface area contributed by atoms with E-state index in [1.807, 2.05) is 0 Å². The van der Waals surface area contributed by atoms with Gasteiger partial charge in [-0.1, -0.05) is 19.8 Å². The van der Waals surface area contributed by atoms with E-state index in [1.54, 1.807) is 7.11 Å². The molecule has 0 aliphatic carbocycles. The summed E-state index contributed by atoms with van der Waals surface area (Å²) in [5.41, 5.74) is 0. The Morgan fingerprint density at radius 3 is 2.25 bits per heavy atom. The zero-order valence-corrected chi connectivity index (χ0v) is 9.23. The smallest absolute Gasteiger partial charge is 0.0543 e. The molecular weight excluding hydrogens is 172 g/mol. The second kappa shape index (κ2) is 7.88. The highest BCUT2D eigenvalue weighted by atomic mass is 35.5. The third kappa shape index (κ3) is 6.93. The molecule has 0 radical (unpaired) electrons. The first-order valence-corrected chi connectivity index (χ1v) is 5.33. The fraction of sp³-hybridized carbons (Fsp3) is 1.00. The lowest BCUT2D eigenvalue weighted by atomic mass is 10.0. The third-order valence-corrected chi connectivity index (χ3v) is 2.75. The molecule has 0 aliphatic heterocycles. The molecule has 74 valence electrons. The molecule has 0 bridgehead atoms. The maximum Gasteiger partial charge on any atom is 0.0543 e. The van der Waals surface area contributed by atoms with Crippen molar-refractivity contribution >= 4 is 11.6 Å². The number of ether oxygens (including phenoxy) is 1. The first-order valence-electron chi connectivity index (χ1n) is 4.79. The third-order valence-electron chi connectivity index (χ3n) is 2.22. The Balaban J connectivity index is 3.10. The van der Waals surface area contributed by atoms with Crippen LogP contribution >= 0.6 is 11.6 Å². The monoisotopic (exact) mass is 192 g/mol. The van der Waals surface area contributed by atoms with Crippen LogP contribution < -0.4 is 0 Å². The zero-order valence-electron chi connectivity index (χ0n) is 8.48. The highest BCUT2D eigenvalue weighted by molar-refractivity contribution is 6.18. The molecule has 0 aromatic rings. The fourth-order valence-corrected chi connectivity index (χ4v) is 1.27. The Morgan fingerprint density at radius 1 is 1.17 bits per heavy atom. The van der Waals surface area contributed by atoms with E-state index >= 15 is 0 Å². The van der Waals surface area contributed by atoms with Gasteiger partial charge >= 0.3 is 0 Å². The molecule has 0 aromatic heterocycles. The Labute approximate surface area is 81.4 Å². The maximum absolute atomic E-state index is 5.70. The molecule has 0 heterocycles. The molecule has 0 fully saturated rings. The molecule has 0 aliphatic rings. The number of alkyl halides is 1. The number of halogens is 1. The first kappa shape index (κ1) is 12.2. The Hall–Kier alpha value is 0.250. The highest BCUT2D eigenvalue weighted by Gasteiger charge is 2.01. The average Bonchev–Trinajstić information content (AvgIpc) is 2.11. The lowest BCUT2D eigenvalue weighted by Gasteiger charge is -2.10. The van der Waals surface area contributed by atoms with Crippen molar-refractivity contribution in [1.29, 1.82) is 0 Å². The van der Waals surface area contributed by atoms with E-state index in [-0.39, 0.29) is 0 Å². The minimum Gasteiger partial charge on any atom is -0.382 e. The van der Waals surface area contributed by atoms with Gasteiger partial charge in [0.1, 0.15) is 0 Å². The van der Waals surface area contributed by atoms with Crippen molar-refractivity contribution in [3.63, 3.8) is 0 Å². The number of rotatable bonds is 7. The summed E-state index contributed by atoms with van der Waals surface area (Å²) in [6.45, 7) is 4.32. The molecule has 2 atom stereocenters. The molecule has 0 aromatic carbocycles. The van der Waals surface area contributed by atoms with Crippen LogP contribution in [0, 0.1) is 5.92 Å². The summed E-state index contributed by atoms with van der Waals surface area (Å²) in [6, 6.07) is 0. The van der Waals surface area contributed by atoms with E-state index in [2.05, 4.69) is 13.8 Å². The Kier molecular flexibility index (Phi) is 8.04. The second-order valence-electron chi connectivity index (χ2n) is 3.59. The van der Waals surface area contributed by atoms with Crippen molar-refractivity contribution in [3.8, 4) is 0 Å². The summed E-state index contributed by atoms with van der Waals surface area (Å²) in [7, 11) is 1.77. The van der Waals surface area contributed by atoms with Gasteiger partial charge in [-0.3, -0.25) is 0 Å². The van der Waals surface area contributed by atoms with Crippen molar-refractivity contribution in [3.05, 3.63) is 0 Å². The molecule has 12 heavy (non-hydrogen) atoms. The Bertz CT molecular complexity index is 83.8. The molecule has 0 saturated heterocycles. The molecule has 0 spiro atoms. The van der Waals surface area contributed by atoms with Gasteiger partial charge in [-0.25, -0.2) is 0 Å². The SMILES string of the molecule is COC(C)CCCCC(C)CCl. The van der Waals surface area contributed by atoms with Gasteiger partial charge in [-0.15, -0.1) is 11.6 Å². The van der Waals surface area contributed by atoms with E-state index in [0.717, 1.165) is 5.88 Å². The van der Waals surface area contributed by atoms with Crippen molar-refractivity contribution < 1.29 is 4.74 Å². The molecule has 0 amide bonds. The lowest BCUT2D eigenvalue weighted by Crippen LogP contribution is -2.04. The van der Waals surface area contributed by atoms with Crippen LogP contribution in [0.1, 0.15) is 39.5 Å². The average molecular weight is 193 g/mol. The van der Waals surface area contributed by atoms with Crippen LogP contribution in [0.5, 0.6) is 0 Å². The van der Waals surface area contributed by atoms with Crippen LogP contribution in [0.2, 0.25) is 0 Å². The van der Waals surface area contributed by atoms with Crippen molar-refractivity contribution in [2.45, 2.75) is 45.6 Å². The fourth-order valence-electron chi connectivity index (χ4n) is 1.12. The van der Waals surface area contributed by atoms with Crippen LogP contribution in [-0.4, -0.2) is 19.1 Å². The van der Waals surface area contributed by atoms with E-state index < -0.39 is 0 Å². The number of hydrogen-bond donors (Lipinski definition) is 0. The predicted molar refractivity (Wildman–Crippen MR) is 54.8 cm³/mol. The summed E-state index contributed by atoms with van der Waals surface area (Å²) >= 11 is 5.70. The van der Waals surface area contributed by atoms with Gasteiger partial charge in [0.2, 0.25) is 0 Å². The van der Waals surface area contributed by atoms with Crippen LogP contribution in [0.25, 0.3) is 0 Å². The molecule has 0 N–H and O–H groups in total. The molecule has 2 heteroatoms. The summed E-state index contributed by atoms with van der Waals surface area (Å²) in [6.07, 6.45) is 5.37. The van der Waals surface area contributed by atoms with Crippen molar-refractivity contribution in [1.82, 2.24) is 0 Å². The molecular formula is C10H21ClO. The largest absolute Gasteiger partial charge is 0.382 e. The van der Waals surface area contributed by atoms with E-state index in [4.69, 9.17) is 16.3 Å². The number of unbranched alkanes of at least 4 members (excludes halogenated alkanes) is 1. The van der Waals surface area contributed by atoms with Crippen LogP contribution in [-0.2, 0) is 4.74 Å². The molecule has 0 saturated carbocycles. The van der Waals surface area contributed by atoms with Crippen molar-refractivity contribution in [2.75, 3.05) is 13.0 Å². The summed E-state index contributed by atoms with van der Waals surface area (Å²) in [4.78, 5) is 0. The van der Waals surface area contributed by atoms with Crippen LogP contribution in [0.4, 0.5) is 0 Å². The van der Waals surface area contributed by atoms with E-state index in [1.165, 1.54) is 25.7 Å². The van der Waals surface area contributed by atoms with E-state index in [0.29, 0.717) is 12.0 Å². The number of methoxy groups -OCH3 is 1. The molecule has 2 unspecified atom stereocenters. The lowest BCUT2D eigenvalue weighted by molar-refractivity contribution is 0.108. The summed E-state index contributed by atoms with van der Waals surface area (Å²) in [5.74, 6) is 1.46. The normalized spacial score (nSPS) is 16.0. The van der Waals surface area contributed by atoms with Gasteiger partial charge in [0.05, 0.1) is 6.10 Å². The topological polar surface area (TPSA) is 9.23 Å². The van der Waals surface area contributed by atoms with Crippen LogP contribution in [0.15, 0.2) is 0 Å². The highest BCUT2D eigenvalue weighted by Crippen LogP contribution is 2.12. The maximum atomic E-state index is 5.70. The predicted octanol–water partition coefficient (Wildman–Crippen LogP) is 3.46. The van der Waals surface area contributed by atoms with Gasteiger partial charge in [-0.2, -0.15) is 0 Å². The summed E-state index contributed by atoms with van der Waals surface area (Å²) < 4.78 is 5.16.